The van der Waals surface area contributed by atoms with E-state index in [0.717, 1.165) is 6.42 Å². The van der Waals surface area contributed by atoms with Crippen molar-refractivity contribution in [2.24, 2.45) is 0 Å². The summed E-state index contributed by atoms with van der Waals surface area (Å²) in [5.41, 5.74) is 0. The Kier molecular flexibility index (Phi) is 3.93. The van der Waals surface area contributed by atoms with E-state index in [1.807, 2.05) is 6.92 Å². The molecule has 0 aromatic carbocycles. The van der Waals surface area contributed by atoms with Gasteiger partial charge >= 0.3 is 0 Å². The van der Waals surface area contributed by atoms with Gasteiger partial charge in [-0.3, -0.25) is 4.79 Å². The summed E-state index contributed by atoms with van der Waals surface area (Å²) in [5.74, 6) is 0.248. The smallest absolute Gasteiger partial charge is 0.287 e. The third-order valence-corrected chi connectivity index (χ3v) is 2.56. The van der Waals surface area contributed by atoms with Gasteiger partial charge in [0.05, 0.1) is 6.04 Å². The SMILES string of the molecule is CCCC(NC(=O)c1ccc(Cl)o1)c1nn[nH]n1. The highest BCUT2D eigenvalue weighted by molar-refractivity contribution is 6.29. The number of furan rings is 1. The minimum absolute atomic E-state index is 0.157. The zero-order valence-electron chi connectivity index (χ0n) is 9.68. The van der Waals surface area contributed by atoms with Crippen molar-refractivity contribution in [3.63, 3.8) is 0 Å². The summed E-state index contributed by atoms with van der Waals surface area (Å²) in [6, 6.07) is 2.72. The van der Waals surface area contributed by atoms with Crippen molar-refractivity contribution in [1.82, 2.24) is 25.9 Å². The van der Waals surface area contributed by atoms with Crippen molar-refractivity contribution in [3.05, 3.63) is 28.9 Å². The molecule has 2 N–H and O–H groups in total. The Hall–Kier alpha value is -1.89. The van der Waals surface area contributed by atoms with E-state index in [2.05, 4.69) is 25.9 Å². The molecule has 0 aliphatic carbocycles. The van der Waals surface area contributed by atoms with Crippen LogP contribution >= 0.6 is 11.6 Å². The Bertz CT molecular complexity index is 510. The first-order chi connectivity index (χ1) is 8.70. The van der Waals surface area contributed by atoms with Crippen LogP contribution in [0.25, 0.3) is 0 Å². The molecule has 0 aliphatic rings. The van der Waals surface area contributed by atoms with E-state index in [9.17, 15) is 4.79 Å². The molecule has 8 heteroatoms. The summed E-state index contributed by atoms with van der Waals surface area (Å²) in [6.07, 6.45) is 1.58. The first-order valence-corrected chi connectivity index (χ1v) is 5.88. The van der Waals surface area contributed by atoms with Crippen molar-refractivity contribution in [2.75, 3.05) is 0 Å². The summed E-state index contributed by atoms with van der Waals surface area (Å²) in [4.78, 5) is 11.9. The summed E-state index contributed by atoms with van der Waals surface area (Å²) < 4.78 is 5.03. The fraction of sp³-hybridized carbons (Fsp3) is 0.400. The highest BCUT2D eigenvalue weighted by Crippen LogP contribution is 2.17. The number of rotatable bonds is 5. The lowest BCUT2D eigenvalue weighted by molar-refractivity contribution is 0.0904. The molecular formula is C10H12ClN5O2. The Morgan fingerprint density at radius 2 is 2.44 bits per heavy atom. The molecule has 96 valence electrons. The summed E-state index contributed by atoms with van der Waals surface area (Å²) in [6.45, 7) is 2.00. The molecule has 0 fully saturated rings. The predicted molar refractivity (Wildman–Crippen MR) is 63.0 cm³/mol. The van der Waals surface area contributed by atoms with Crippen LogP contribution in [0, 0.1) is 0 Å². The molecular weight excluding hydrogens is 258 g/mol. The van der Waals surface area contributed by atoms with Crippen LogP contribution in [-0.2, 0) is 0 Å². The fourth-order valence-corrected chi connectivity index (χ4v) is 1.68. The largest absolute Gasteiger partial charge is 0.440 e. The van der Waals surface area contributed by atoms with Gasteiger partial charge in [-0.05, 0) is 30.2 Å². The number of aromatic amines is 1. The van der Waals surface area contributed by atoms with Crippen molar-refractivity contribution in [2.45, 2.75) is 25.8 Å². The van der Waals surface area contributed by atoms with E-state index < -0.39 is 0 Å². The number of carbonyl (C=O) groups is 1. The lowest BCUT2D eigenvalue weighted by Gasteiger charge is -2.13. The number of H-pyrrole nitrogens is 1. The number of halogens is 1. The third kappa shape index (κ3) is 2.86. The van der Waals surface area contributed by atoms with Crippen LogP contribution < -0.4 is 5.32 Å². The summed E-state index contributed by atoms with van der Waals surface area (Å²) in [5, 5.41) is 16.5. The fourth-order valence-electron chi connectivity index (χ4n) is 1.54. The van der Waals surface area contributed by atoms with Crippen LogP contribution in [0.2, 0.25) is 5.22 Å². The van der Waals surface area contributed by atoms with E-state index >= 15 is 0 Å². The number of nitrogens with one attached hydrogen (secondary N) is 2. The van der Waals surface area contributed by atoms with Gasteiger partial charge in [-0.1, -0.05) is 18.6 Å². The molecule has 18 heavy (non-hydrogen) atoms. The molecule has 0 saturated carbocycles. The molecule has 1 atom stereocenters. The molecule has 0 aliphatic heterocycles. The van der Waals surface area contributed by atoms with E-state index in [-0.39, 0.29) is 22.9 Å². The number of hydrogen-bond donors (Lipinski definition) is 2. The maximum atomic E-state index is 11.9. The number of carbonyl (C=O) groups excluding carboxylic acids is 1. The molecule has 2 aromatic heterocycles. The Labute approximate surface area is 108 Å². The van der Waals surface area contributed by atoms with E-state index in [1.54, 1.807) is 0 Å². The Morgan fingerprint density at radius 3 is 3.00 bits per heavy atom. The standard InChI is InChI=1S/C10H12ClN5O2/c1-2-3-6(9-13-15-16-14-9)12-10(17)7-4-5-8(11)18-7/h4-6H,2-3H2,1H3,(H,12,17)(H,13,14,15,16). The van der Waals surface area contributed by atoms with E-state index in [4.69, 9.17) is 16.0 Å². The minimum atomic E-state index is -0.356. The monoisotopic (exact) mass is 269 g/mol. The van der Waals surface area contributed by atoms with Crippen LogP contribution in [0.15, 0.2) is 16.5 Å². The van der Waals surface area contributed by atoms with Crippen LogP contribution in [0.3, 0.4) is 0 Å². The molecule has 1 unspecified atom stereocenters. The van der Waals surface area contributed by atoms with Gasteiger partial charge < -0.3 is 9.73 Å². The average Bonchev–Trinajstić information content (AvgIpc) is 2.98. The van der Waals surface area contributed by atoms with Gasteiger partial charge in [-0.15, -0.1) is 10.2 Å². The van der Waals surface area contributed by atoms with Gasteiger partial charge in [0.2, 0.25) is 0 Å². The summed E-state index contributed by atoms with van der Waals surface area (Å²) in [7, 11) is 0. The second-order valence-electron chi connectivity index (χ2n) is 3.69. The average molecular weight is 270 g/mol. The quantitative estimate of drug-likeness (QED) is 0.861. The first-order valence-electron chi connectivity index (χ1n) is 5.50. The van der Waals surface area contributed by atoms with Crippen molar-refractivity contribution in [3.8, 4) is 0 Å². The normalized spacial score (nSPS) is 12.3. The minimum Gasteiger partial charge on any atom is -0.440 e. The lowest BCUT2D eigenvalue weighted by atomic mass is 10.1. The summed E-state index contributed by atoms with van der Waals surface area (Å²) >= 11 is 5.62. The lowest BCUT2D eigenvalue weighted by Crippen LogP contribution is -2.29. The predicted octanol–water partition coefficient (Wildman–Crippen LogP) is 1.72. The number of hydrogen-bond acceptors (Lipinski definition) is 5. The highest BCUT2D eigenvalue weighted by atomic mass is 35.5. The third-order valence-electron chi connectivity index (χ3n) is 2.35. The Balaban J connectivity index is 2.07. The van der Waals surface area contributed by atoms with Crippen LogP contribution in [-0.4, -0.2) is 26.5 Å². The van der Waals surface area contributed by atoms with Gasteiger partial charge in [0.1, 0.15) is 0 Å². The molecule has 2 heterocycles. The maximum Gasteiger partial charge on any atom is 0.287 e. The van der Waals surface area contributed by atoms with Crippen molar-refractivity contribution < 1.29 is 9.21 Å². The first kappa shape index (κ1) is 12.6. The second-order valence-corrected chi connectivity index (χ2v) is 4.06. The molecule has 0 radical (unpaired) electrons. The number of tetrazole rings is 1. The van der Waals surface area contributed by atoms with Crippen molar-refractivity contribution >= 4 is 17.5 Å². The topological polar surface area (TPSA) is 96.7 Å². The number of nitrogens with zero attached hydrogens (tertiary/aromatic N) is 3. The molecule has 1 amide bonds. The van der Waals surface area contributed by atoms with E-state index in [0.29, 0.717) is 12.2 Å². The molecule has 2 rings (SSSR count). The van der Waals surface area contributed by atoms with Gasteiger partial charge in [-0.2, -0.15) is 5.21 Å². The highest BCUT2D eigenvalue weighted by Gasteiger charge is 2.20. The molecule has 0 bridgehead atoms. The molecule has 0 spiro atoms. The van der Waals surface area contributed by atoms with Gasteiger partial charge in [0.25, 0.3) is 5.91 Å². The molecule has 0 saturated heterocycles. The number of aromatic nitrogens is 4. The Morgan fingerprint density at radius 1 is 1.61 bits per heavy atom. The second kappa shape index (κ2) is 5.63. The van der Waals surface area contributed by atoms with Gasteiger partial charge in [0, 0.05) is 0 Å². The van der Waals surface area contributed by atoms with E-state index in [1.165, 1.54) is 12.1 Å². The zero-order valence-corrected chi connectivity index (χ0v) is 10.4. The number of amides is 1. The van der Waals surface area contributed by atoms with Gasteiger partial charge in [-0.25, -0.2) is 0 Å². The van der Waals surface area contributed by atoms with Crippen LogP contribution in [0.4, 0.5) is 0 Å². The maximum absolute atomic E-state index is 11.9. The molecule has 2 aromatic rings. The van der Waals surface area contributed by atoms with Crippen LogP contribution in [0.5, 0.6) is 0 Å². The zero-order chi connectivity index (χ0) is 13.0. The van der Waals surface area contributed by atoms with Crippen LogP contribution in [0.1, 0.15) is 42.2 Å². The molecule has 7 nitrogen and oxygen atoms in total. The van der Waals surface area contributed by atoms with Gasteiger partial charge in [0.15, 0.2) is 16.8 Å². The van der Waals surface area contributed by atoms with Crippen molar-refractivity contribution in [1.29, 1.82) is 0 Å².